The summed E-state index contributed by atoms with van der Waals surface area (Å²) in [6.07, 6.45) is -0.181. The molecule has 0 heterocycles. The molecule has 1 N–H and O–H groups in total. The van der Waals surface area contributed by atoms with Crippen molar-refractivity contribution in [3.05, 3.63) is 102 Å². The predicted octanol–water partition coefficient (Wildman–Crippen LogP) is 4.39. The van der Waals surface area contributed by atoms with Gasteiger partial charge in [0.05, 0.1) is 6.42 Å². The molecule has 0 aliphatic carbocycles. The molecule has 0 spiro atoms. The van der Waals surface area contributed by atoms with Gasteiger partial charge in [-0.2, -0.15) is 0 Å². The summed E-state index contributed by atoms with van der Waals surface area (Å²) in [7, 11) is 0. The molecule has 0 aromatic heterocycles. The Bertz CT molecular complexity index is 917. The van der Waals surface area contributed by atoms with Crippen LogP contribution in [-0.4, -0.2) is 17.5 Å². The third-order valence-electron chi connectivity index (χ3n) is 3.92. The van der Waals surface area contributed by atoms with E-state index in [1.165, 1.54) is 0 Å². The predicted molar refractivity (Wildman–Crippen MR) is 101 cm³/mol. The first kappa shape index (κ1) is 17.3. The molecule has 3 aromatic rings. The fourth-order valence-electron chi connectivity index (χ4n) is 2.51. The number of nitrogens with one attached hydrogen (secondary N) is 1. The molecule has 3 rings (SSSR count). The summed E-state index contributed by atoms with van der Waals surface area (Å²) < 4.78 is 0. The zero-order valence-electron chi connectivity index (χ0n) is 14.0. The zero-order chi connectivity index (χ0) is 18.4. The van der Waals surface area contributed by atoms with E-state index in [9.17, 15) is 14.4 Å². The molecular formula is C22H17NO3. The van der Waals surface area contributed by atoms with Gasteiger partial charge in [-0.25, -0.2) is 0 Å². The Morgan fingerprint density at radius 2 is 1.04 bits per heavy atom. The van der Waals surface area contributed by atoms with Gasteiger partial charge >= 0.3 is 0 Å². The molecule has 0 saturated heterocycles. The number of anilines is 1. The molecule has 0 unspecified atom stereocenters. The molecule has 0 fully saturated rings. The van der Waals surface area contributed by atoms with E-state index in [0.29, 0.717) is 22.4 Å². The highest BCUT2D eigenvalue weighted by Gasteiger charge is 2.13. The van der Waals surface area contributed by atoms with E-state index in [4.69, 9.17) is 0 Å². The Labute approximate surface area is 151 Å². The van der Waals surface area contributed by atoms with Gasteiger partial charge in [0, 0.05) is 22.4 Å². The first-order chi connectivity index (χ1) is 12.6. The topological polar surface area (TPSA) is 63.2 Å². The summed E-state index contributed by atoms with van der Waals surface area (Å²) in [5, 5.41) is 2.77. The van der Waals surface area contributed by atoms with Gasteiger partial charge in [-0.05, 0) is 36.4 Å². The van der Waals surface area contributed by atoms with Gasteiger partial charge in [0.2, 0.25) is 0 Å². The fraction of sp³-hybridized carbons (Fsp3) is 0.0455. The Morgan fingerprint density at radius 3 is 1.58 bits per heavy atom. The second-order valence-electron chi connectivity index (χ2n) is 5.79. The molecule has 3 aromatic carbocycles. The molecule has 128 valence electrons. The summed E-state index contributed by atoms with van der Waals surface area (Å²) in [4.78, 5) is 36.5. The lowest BCUT2D eigenvalue weighted by Crippen LogP contribution is -2.12. The lowest BCUT2D eigenvalue weighted by Gasteiger charge is -2.06. The lowest BCUT2D eigenvalue weighted by molar-refractivity contribution is 0.0893. The first-order valence-electron chi connectivity index (χ1n) is 8.21. The number of benzene rings is 3. The number of hydrogen-bond acceptors (Lipinski definition) is 3. The van der Waals surface area contributed by atoms with Crippen molar-refractivity contribution in [2.45, 2.75) is 6.42 Å². The highest BCUT2D eigenvalue weighted by Crippen LogP contribution is 2.14. The van der Waals surface area contributed by atoms with Crippen LogP contribution >= 0.6 is 0 Å². The molecule has 4 nitrogen and oxygen atoms in total. The SMILES string of the molecule is O=C(CC(=O)c1ccc(NC(=O)c2ccccc2)cc1)c1ccccc1. The standard InChI is InChI=1S/C22H17NO3/c24-20(16-7-3-1-4-8-16)15-21(25)17-11-13-19(14-12-17)23-22(26)18-9-5-2-6-10-18/h1-14H,15H2,(H,23,26). The maximum absolute atomic E-state index is 12.3. The Hall–Kier alpha value is -3.53. The van der Waals surface area contributed by atoms with Gasteiger partial charge in [-0.15, -0.1) is 0 Å². The minimum atomic E-state index is -0.250. The van der Waals surface area contributed by atoms with Crippen LogP contribution < -0.4 is 5.32 Å². The normalized spacial score (nSPS) is 10.2. The van der Waals surface area contributed by atoms with Crippen LogP contribution in [0.4, 0.5) is 5.69 Å². The molecule has 0 aliphatic rings. The van der Waals surface area contributed by atoms with Crippen LogP contribution in [0.25, 0.3) is 0 Å². The molecule has 0 atom stereocenters. The van der Waals surface area contributed by atoms with E-state index in [0.717, 1.165) is 0 Å². The number of amides is 1. The first-order valence-corrected chi connectivity index (χ1v) is 8.21. The summed E-state index contributed by atoms with van der Waals surface area (Å²) >= 11 is 0. The highest BCUT2D eigenvalue weighted by molar-refractivity contribution is 6.13. The average molecular weight is 343 g/mol. The Morgan fingerprint density at radius 1 is 0.577 bits per heavy atom. The Kier molecular flexibility index (Phi) is 5.34. The van der Waals surface area contributed by atoms with Crippen LogP contribution in [0.2, 0.25) is 0 Å². The molecule has 26 heavy (non-hydrogen) atoms. The number of ketones is 2. The lowest BCUT2D eigenvalue weighted by atomic mass is 10.0. The molecule has 0 saturated carbocycles. The number of rotatable bonds is 6. The number of carbonyl (C=O) groups is 3. The van der Waals surface area contributed by atoms with Crippen molar-refractivity contribution in [2.24, 2.45) is 0 Å². The van der Waals surface area contributed by atoms with Gasteiger partial charge in [0.15, 0.2) is 11.6 Å². The third kappa shape index (κ3) is 4.30. The quantitative estimate of drug-likeness (QED) is 0.533. The van der Waals surface area contributed by atoms with E-state index >= 15 is 0 Å². The smallest absolute Gasteiger partial charge is 0.255 e. The van der Waals surface area contributed by atoms with Crippen molar-refractivity contribution in [1.29, 1.82) is 0 Å². The van der Waals surface area contributed by atoms with Crippen molar-refractivity contribution >= 4 is 23.2 Å². The van der Waals surface area contributed by atoms with Gasteiger partial charge in [-0.3, -0.25) is 14.4 Å². The molecule has 0 aliphatic heterocycles. The van der Waals surface area contributed by atoms with Crippen LogP contribution in [-0.2, 0) is 0 Å². The molecular weight excluding hydrogens is 326 g/mol. The van der Waals surface area contributed by atoms with Gasteiger partial charge in [0.1, 0.15) is 0 Å². The summed E-state index contributed by atoms with van der Waals surface area (Å²) in [6.45, 7) is 0. The summed E-state index contributed by atoms with van der Waals surface area (Å²) in [5.41, 5.74) is 2.10. The van der Waals surface area contributed by atoms with Crippen LogP contribution in [0.5, 0.6) is 0 Å². The fourth-order valence-corrected chi connectivity index (χ4v) is 2.51. The van der Waals surface area contributed by atoms with Crippen LogP contribution in [0.1, 0.15) is 37.5 Å². The molecule has 0 radical (unpaired) electrons. The number of carbonyl (C=O) groups excluding carboxylic acids is 3. The van der Waals surface area contributed by atoms with Gasteiger partial charge in [-0.1, -0.05) is 48.5 Å². The zero-order valence-corrected chi connectivity index (χ0v) is 14.0. The molecule has 0 bridgehead atoms. The van der Waals surface area contributed by atoms with Crippen molar-refractivity contribution < 1.29 is 14.4 Å². The van der Waals surface area contributed by atoms with E-state index in [1.807, 2.05) is 12.1 Å². The largest absolute Gasteiger partial charge is 0.322 e. The van der Waals surface area contributed by atoms with E-state index < -0.39 is 0 Å². The second kappa shape index (κ2) is 8.03. The Balaban J connectivity index is 1.63. The summed E-state index contributed by atoms with van der Waals surface area (Å²) in [6, 6.07) is 24.1. The molecule has 4 heteroatoms. The summed E-state index contributed by atoms with van der Waals surface area (Å²) in [5.74, 6) is -0.680. The minimum absolute atomic E-state index is 0.181. The van der Waals surface area contributed by atoms with E-state index in [-0.39, 0.29) is 23.9 Å². The van der Waals surface area contributed by atoms with Gasteiger partial charge < -0.3 is 5.32 Å². The van der Waals surface area contributed by atoms with Crippen molar-refractivity contribution in [3.63, 3.8) is 0 Å². The van der Waals surface area contributed by atoms with Crippen molar-refractivity contribution in [1.82, 2.24) is 0 Å². The van der Waals surface area contributed by atoms with Crippen molar-refractivity contribution in [2.75, 3.05) is 5.32 Å². The average Bonchev–Trinajstić information content (AvgIpc) is 2.69. The van der Waals surface area contributed by atoms with Gasteiger partial charge in [0.25, 0.3) is 5.91 Å². The molecule has 1 amide bonds. The monoisotopic (exact) mass is 343 g/mol. The number of hydrogen-bond donors (Lipinski definition) is 1. The maximum Gasteiger partial charge on any atom is 0.255 e. The van der Waals surface area contributed by atoms with E-state index in [2.05, 4.69) is 5.32 Å². The minimum Gasteiger partial charge on any atom is -0.322 e. The van der Waals surface area contributed by atoms with Crippen LogP contribution in [0.3, 0.4) is 0 Å². The van der Waals surface area contributed by atoms with Crippen LogP contribution in [0, 0.1) is 0 Å². The highest BCUT2D eigenvalue weighted by atomic mass is 16.2. The van der Waals surface area contributed by atoms with Crippen LogP contribution in [0.15, 0.2) is 84.9 Å². The second-order valence-corrected chi connectivity index (χ2v) is 5.79. The third-order valence-corrected chi connectivity index (χ3v) is 3.92. The number of Topliss-reactive ketones (excluding diaryl/α,β-unsaturated/α-hetero) is 2. The van der Waals surface area contributed by atoms with E-state index in [1.54, 1.807) is 72.8 Å². The van der Waals surface area contributed by atoms with Crippen molar-refractivity contribution in [3.8, 4) is 0 Å². The maximum atomic E-state index is 12.3.